The third-order valence-electron chi connectivity index (χ3n) is 6.80. The molecule has 1 aromatic heterocycles. The van der Waals surface area contributed by atoms with Gasteiger partial charge in [0.05, 0.1) is 47.1 Å². The Morgan fingerprint density at radius 1 is 1.05 bits per heavy atom. The second kappa shape index (κ2) is 13.2. The lowest BCUT2D eigenvalue weighted by Gasteiger charge is -2.25. The average Bonchev–Trinajstić information content (AvgIpc) is 3.30. The molecule has 0 spiro atoms. The minimum Gasteiger partial charge on any atom is -0.496 e. The van der Waals surface area contributed by atoms with E-state index in [1.807, 2.05) is 48.5 Å². The second-order valence-corrected chi connectivity index (χ2v) is 11.8. The number of carbonyl (C=O) groups is 1. The van der Waals surface area contributed by atoms with Gasteiger partial charge in [0.2, 0.25) is 0 Å². The molecule has 0 bridgehead atoms. The Hall–Kier alpha value is -3.86. The number of esters is 1. The number of methoxy groups -OCH3 is 2. The van der Waals surface area contributed by atoms with Gasteiger partial charge in [-0.05, 0) is 88.9 Å². The minimum atomic E-state index is -0.738. The van der Waals surface area contributed by atoms with Gasteiger partial charge in [-0.25, -0.2) is 9.79 Å². The van der Waals surface area contributed by atoms with Crippen molar-refractivity contribution in [1.82, 2.24) is 4.57 Å². The number of allylic oxidation sites excluding steroid dienone is 1. The Morgan fingerprint density at radius 2 is 1.77 bits per heavy atom. The van der Waals surface area contributed by atoms with Crippen LogP contribution in [0.4, 0.5) is 0 Å². The fraction of sp³-hybridized carbons (Fsp3) is 0.219. The standard InChI is InChI=1S/C32H28BrClN2O6S/c1-5-41-31(38)28-18(2)35-32-36(29(28)21-9-13-24(39-3)23(33)16-21)30(37)27(43-32)15-20-8-12-25(26(14-20)40-4)42-17-19-6-10-22(34)11-7-19/h6-16,29H,5,17H2,1-4H3/b27-15-. The van der Waals surface area contributed by atoms with Crippen LogP contribution in [0, 0.1) is 0 Å². The highest BCUT2D eigenvalue weighted by Gasteiger charge is 2.33. The number of halogens is 2. The number of rotatable bonds is 9. The molecular weight excluding hydrogens is 656 g/mol. The Morgan fingerprint density at radius 3 is 2.44 bits per heavy atom. The number of fused-ring (bicyclic) bond motifs is 1. The maximum atomic E-state index is 14.0. The van der Waals surface area contributed by atoms with E-state index >= 15 is 0 Å². The van der Waals surface area contributed by atoms with Gasteiger partial charge >= 0.3 is 5.97 Å². The molecule has 2 heterocycles. The highest BCUT2D eigenvalue weighted by atomic mass is 79.9. The third-order valence-corrected chi connectivity index (χ3v) is 8.66. The van der Waals surface area contributed by atoms with E-state index in [4.69, 9.17) is 30.5 Å². The molecule has 0 radical (unpaired) electrons. The van der Waals surface area contributed by atoms with Crippen molar-refractivity contribution in [2.24, 2.45) is 4.99 Å². The SMILES string of the molecule is CCOC(=O)C1=C(C)N=c2s/c(=C\c3ccc(OCc4ccc(Cl)cc4)c(OC)c3)c(=O)n2C1c1ccc(OC)c(Br)c1. The predicted molar refractivity (Wildman–Crippen MR) is 170 cm³/mol. The number of hydrogen-bond acceptors (Lipinski definition) is 8. The number of ether oxygens (including phenoxy) is 4. The van der Waals surface area contributed by atoms with E-state index in [1.54, 1.807) is 50.8 Å². The normalized spacial score (nSPS) is 14.7. The lowest BCUT2D eigenvalue weighted by atomic mass is 9.96. The zero-order valence-electron chi connectivity index (χ0n) is 23.9. The molecule has 0 aliphatic carbocycles. The smallest absolute Gasteiger partial charge is 0.338 e. The van der Waals surface area contributed by atoms with Crippen molar-refractivity contribution in [2.45, 2.75) is 26.5 Å². The Balaban J connectivity index is 1.55. The van der Waals surface area contributed by atoms with E-state index in [0.29, 0.717) is 59.5 Å². The molecule has 1 atom stereocenters. The van der Waals surface area contributed by atoms with Gasteiger partial charge in [0, 0.05) is 5.02 Å². The molecule has 0 fully saturated rings. The van der Waals surface area contributed by atoms with Crippen LogP contribution < -0.4 is 29.1 Å². The number of benzene rings is 3. The number of hydrogen-bond donors (Lipinski definition) is 0. The van der Waals surface area contributed by atoms with E-state index in [0.717, 1.165) is 11.1 Å². The monoisotopic (exact) mass is 682 g/mol. The van der Waals surface area contributed by atoms with Gasteiger partial charge in [-0.1, -0.05) is 47.2 Å². The van der Waals surface area contributed by atoms with Crippen LogP contribution in [0.15, 0.2) is 86.2 Å². The third kappa shape index (κ3) is 6.41. The van der Waals surface area contributed by atoms with Crippen LogP contribution in [0.5, 0.6) is 17.2 Å². The van der Waals surface area contributed by atoms with Gasteiger partial charge < -0.3 is 18.9 Å². The fourth-order valence-corrected chi connectivity index (χ4v) is 6.48. The van der Waals surface area contributed by atoms with Crippen LogP contribution in [0.1, 0.15) is 36.6 Å². The summed E-state index contributed by atoms with van der Waals surface area (Å²) >= 11 is 10.8. The zero-order chi connectivity index (χ0) is 30.7. The Labute approximate surface area is 265 Å². The van der Waals surface area contributed by atoms with Gasteiger partial charge in [-0.2, -0.15) is 0 Å². The average molecular weight is 684 g/mol. The maximum Gasteiger partial charge on any atom is 0.338 e. The molecule has 5 rings (SSSR count). The summed E-state index contributed by atoms with van der Waals surface area (Å²) in [5, 5.41) is 0.659. The van der Waals surface area contributed by atoms with Crippen LogP contribution in [0.2, 0.25) is 5.02 Å². The Bertz CT molecular complexity index is 1900. The molecule has 3 aromatic carbocycles. The minimum absolute atomic E-state index is 0.195. The van der Waals surface area contributed by atoms with E-state index in [1.165, 1.54) is 11.3 Å². The molecular formula is C32H28BrClN2O6S. The molecule has 0 saturated carbocycles. The predicted octanol–water partition coefficient (Wildman–Crippen LogP) is 5.81. The number of nitrogens with zero attached hydrogens (tertiary/aromatic N) is 2. The topological polar surface area (TPSA) is 88.4 Å². The van der Waals surface area contributed by atoms with Crippen molar-refractivity contribution in [3.05, 3.63) is 118 Å². The van der Waals surface area contributed by atoms with Gasteiger partial charge in [-0.3, -0.25) is 9.36 Å². The van der Waals surface area contributed by atoms with Crippen LogP contribution in [-0.4, -0.2) is 31.4 Å². The number of thiazole rings is 1. The summed E-state index contributed by atoms with van der Waals surface area (Å²) in [5.74, 6) is 1.20. The fourth-order valence-electron chi connectivity index (χ4n) is 4.75. The lowest BCUT2D eigenvalue weighted by Crippen LogP contribution is -2.39. The largest absolute Gasteiger partial charge is 0.496 e. The molecule has 1 unspecified atom stereocenters. The molecule has 0 saturated heterocycles. The van der Waals surface area contributed by atoms with Crippen molar-refractivity contribution in [3.63, 3.8) is 0 Å². The van der Waals surface area contributed by atoms with Crippen molar-refractivity contribution in [3.8, 4) is 17.2 Å². The van der Waals surface area contributed by atoms with Crippen molar-refractivity contribution in [1.29, 1.82) is 0 Å². The summed E-state index contributed by atoms with van der Waals surface area (Å²) in [6.45, 7) is 4.03. The summed E-state index contributed by atoms with van der Waals surface area (Å²) in [7, 11) is 3.14. The Kier molecular flexibility index (Phi) is 9.39. The van der Waals surface area contributed by atoms with E-state index in [-0.39, 0.29) is 12.2 Å². The summed E-state index contributed by atoms with van der Waals surface area (Å²) in [4.78, 5) is 32.2. The van der Waals surface area contributed by atoms with Crippen LogP contribution in [0.3, 0.4) is 0 Å². The van der Waals surface area contributed by atoms with Crippen LogP contribution in [-0.2, 0) is 16.1 Å². The summed E-state index contributed by atoms with van der Waals surface area (Å²) in [5.41, 5.74) is 2.94. The maximum absolute atomic E-state index is 14.0. The van der Waals surface area contributed by atoms with E-state index in [9.17, 15) is 9.59 Å². The molecule has 1 aliphatic rings. The quantitative estimate of drug-likeness (QED) is 0.207. The van der Waals surface area contributed by atoms with Gasteiger partial charge in [-0.15, -0.1) is 0 Å². The summed E-state index contributed by atoms with van der Waals surface area (Å²) < 4.78 is 25.0. The van der Waals surface area contributed by atoms with Crippen molar-refractivity contribution >= 4 is 50.9 Å². The lowest BCUT2D eigenvalue weighted by molar-refractivity contribution is -0.139. The second-order valence-electron chi connectivity index (χ2n) is 9.52. The molecule has 0 N–H and O–H groups in total. The first kappa shape index (κ1) is 30.6. The molecule has 11 heteroatoms. The van der Waals surface area contributed by atoms with Gasteiger partial charge in [0.1, 0.15) is 12.4 Å². The molecule has 43 heavy (non-hydrogen) atoms. The van der Waals surface area contributed by atoms with Crippen molar-refractivity contribution in [2.75, 3.05) is 20.8 Å². The summed E-state index contributed by atoms with van der Waals surface area (Å²) in [6, 6.07) is 17.6. The molecule has 1 aliphatic heterocycles. The van der Waals surface area contributed by atoms with E-state index < -0.39 is 12.0 Å². The first-order chi connectivity index (χ1) is 20.7. The van der Waals surface area contributed by atoms with Crippen LogP contribution >= 0.6 is 38.9 Å². The molecule has 0 amide bonds. The van der Waals surface area contributed by atoms with Gasteiger partial charge in [0.25, 0.3) is 5.56 Å². The number of aromatic nitrogens is 1. The molecule has 222 valence electrons. The molecule has 4 aromatic rings. The summed E-state index contributed by atoms with van der Waals surface area (Å²) in [6.07, 6.45) is 1.78. The highest BCUT2D eigenvalue weighted by molar-refractivity contribution is 9.10. The first-order valence-corrected chi connectivity index (χ1v) is 15.3. The molecule has 8 nitrogen and oxygen atoms in total. The van der Waals surface area contributed by atoms with Gasteiger partial charge in [0.15, 0.2) is 16.3 Å². The van der Waals surface area contributed by atoms with E-state index in [2.05, 4.69) is 20.9 Å². The number of carbonyl (C=O) groups excluding carboxylic acids is 1. The highest BCUT2D eigenvalue weighted by Crippen LogP contribution is 2.35. The first-order valence-electron chi connectivity index (χ1n) is 13.3. The van der Waals surface area contributed by atoms with Crippen molar-refractivity contribution < 1.29 is 23.7 Å². The zero-order valence-corrected chi connectivity index (χ0v) is 27.0. The van der Waals surface area contributed by atoms with Crippen LogP contribution in [0.25, 0.3) is 6.08 Å².